The number of amides is 2. The first kappa shape index (κ1) is 17.3. The normalized spacial score (nSPS) is 17.8. The van der Waals surface area contributed by atoms with Gasteiger partial charge in [0.2, 0.25) is 5.91 Å². The molecule has 1 saturated heterocycles. The maximum Gasteiger partial charge on any atom is 0.268 e. The fourth-order valence-corrected chi connectivity index (χ4v) is 2.97. The molecule has 3 rings (SSSR count). The molecular formula is C19H25N3O3. The van der Waals surface area contributed by atoms with Crippen molar-refractivity contribution in [3.8, 4) is 5.75 Å². The zero-order valence-corrected chi connectivity index (χ0v) is 14.6. The Bertz CT molecular complexity index is 753. The van der Waals surface area contributed by atoms with Crippen LogP contribution >= 0.6 is 0 Å². The van der Waals surface area contributed by atoms with Crippen molar-refractivity contribution in [3.05, 3.63) is 30.0 Å². The summed E-state index contributed by atoms with van der Waals surface area (Å²) in [5.74, 6) is 0.429. The van der Waals surface area contributed by atoms with Gasteiger partial charge in [-0.3, -0.25) is 9.59 Å². The molecule has 6 nitrogen and oxygen atoms in total. The maximum absolute atomic E-state index is 12.5. The summed E-state index contributed by atoms with van der Waals surface area (Å²) in [6.45, 7) is 3.49. The maximum atomic E-state index is 12.5. The third kappa shape index (κ3) is 4.32. The second-order valence-corrected chi connectivity index (χ2v) is 6.45. The number of aromatic amines is 1. The minimum absolute atomic E-state index is 0.103. The second-order valence-electron chi connectivity index (χ2n) is 6.45. The number of carbonyl (C=O) groups is 2. The summed E-state index contributed by atoms with van der Waals surface area (Å²) < 4.78 is 5.70. The van der Waals surface area contributed by atoms with Crippen molar-refractivity contribution in [2.45, 2.75) is 45.1 Å². The number of rotatable bonds is 6. The van der Waals surface area contributed by atoms with Crippen molar-refractivity contribution in [1.29, 1.82) is 0 Å². The number of nitrogens with one attached hydrogen (secondary N) is 3. The Morgan fingerprint density at radius 1 is 1.32 bits per heavy atom. The van der Waals surface area contributed by atoms with Gasteiger partial charge in [0.1, 0.15) is 17.5 Å². The van der Waals surface area contributed by atoms with E-state index in [9.17, 15) is 9.59 Å². The van der Waals surface area contributed by atoms with Gasteiger partial charge in [0, 0.05) is 23.5 Å². The molecule has 1 atom stereocenters. The number of hydrogen-bond acceptors (Lipinski definition) is 3. The fourth-order valence-electron chi connectivity index (χ4n) is 2.97. The zero-order valence-electron chi connectivity index (χ0n) is 14.6. The van der Waals surface area contributed by atoms with Gasteiger partial charge in [-0.25, -0.2) is 0 Å². The first-order chi connectivity index (χ1) is 12.2. The third-order valence-corrected chi connectivity index (χ3v) is 4.45. The Hall–Kier alpha value is -2.50. The SMILES string of the molecule is CCCCOc1ccc2cc(C(=O)N[C@@H]3CCCCNC3=O)[nH]c2c1. The summed E-state index contributed by atoms with van der Waals surface area (Å²) in [5, 5.41) is 6.60. The molecule has 6 heteroatoms. The van der Waals surface area contributed by atoms with Crippen molar-refractivity contribution in [2.24, 2.45) is 0 Å². The highest BCUT2D eigenvalue weighted by molar-refractivity contribution is 6.00. The Morgan fingerprint density at radius 2 is 2.20 bits per heavy atom. The second kappa shape index (κ2) is 8.05. The molecule has 0 aliphatic carbocycles. The molecule has 1 aromatic heterocycles. The van der Waals surface area contributed by atoms with E-state index in [1.165, 1.54) is 0 Å². The fraction of sp³-hybridized carbons (Fsp3) is 0.474. The first-order valence-electron chi connectivity index (χ1n) is 9.01. The van der Waals surface area contributed by atoms with Crippen molar-refractivity contribution >= 4 is 22.7 Å². The van der Waals surface area contributed by atoms with E-state index < -0.39 is 6.04 Å². The average Bonchev–Trinajstić information content (AvgIpc) is 2.93. The standard InChI is InChI=1S/C19H25N3O3/c1-2-3-10-25-14-8-7-13-11-17(21-16(13)12-14)19(24)22-15-6-4-5-9-20-18(15)23/h7-8,11-12,15,21H,2-6,9-10H2,1H3,(H,20,23)(H,22,24)/t15-/m1/s1. The lowest BCUT2D eigenvalue weighted by molar-refractivity contribution is -0.122. The van der Waals surface area contributed by atoms with Gasteiger partial charge in [-0.1, -0.05) is 13.3 Å². The van der Waals surface area contributed by atoms with E-state index in [0.29, 0.717) is 25.3 Å². The van der Waals surface area contributed by atoms with Crippen LogP contribution in [0.3, 0.4) is 0 Å². The Labute approximate surface area is 147 Å². The van der Waals surface area contributed by atoms with E-state index in [1.54, 1.807) is 6.07 Å². The molecule has 25 heavy (non-hydrogen) atoms. The molecule has 0 radical (unpaired) electrons. The largest absolute Gasteiger partial charge is 0.494 e. The van der Waals surface area contributed by atoms with Crippen LogP contribution in [0.4, 0.5) is 0 Å². The number of fused-ring (bicyclic) bond motifs is 1. The van der Waals surface area contributed by atoms with Crippen molar-refractivity contribution in [2.75, 3.05) is 13.2 Å². The number of aromatic nitrogens is 1. The van der Waals surface area contributed by atoms with Crippen LogP contribution in [0.2, 0.25) is 0 Å². The van der Waals surface area contributed by atoms with Crippen LogP contribution in [-0.4, -0.2) is 36.0 Å². The van der Waals surface area contributed by atoms with Gasteiger partial charge in [-0.2, -0.15) is 0 Å². The molecule has 2 aromatic rings. The van der Waals surface area contributed by atoms with Crippen molar-refractivity contribution < 1.29 is 14.3 Å². The number of carbonyl (C=O) groups excluding carboxylic acids is 2. The zero-order chi connectivity index (χ0) is 17.6. The Morgan fingerprint density at radius 3 is 3.04 bits per heavy atom. The third-order valence-electron chi connectivity index (χ3n) is 4.45. The lowest BCUT2D eigenvalue weighted by Crippen LogP contribution is -2.45. The number of H-pyrrole nitrogens is 1. The molecule has 1 aliphatic rings. The molecule has 134 valence electrons. The van der Waals surface area contributed by atoms with Crippen LogP contribution < -0.4 is 15.4 Å². The van der Waals surface area contributed by atoms with Crippen LogP contribution in [0, 0.1) is 0 Å². The Balaban J connectivity index is 1.69. The Kier molecular flexibility index (Phi) is 5.58. The van der Waals surface area contributed by atoms with Gasteiger partial charge in [0.25, 0.3) is 5.91 Å². The lowest BCUT2D eigenvalue weighted by Gasteiger charge is -2.14. The van der Waals surface area contributed by atoms with E-state index in [-0.39, 0.29) is 11.8 Å². The minimum atomic E-state index is -0.464. The van der Waals surface area contributed by atoms with Gasteiger partial charge in [0.05, 0.1) is 6.61 Å². The van der Waals surface area contributed by atoms with Crippen LogP contribution in [0.15, 0.2) is 24.3 Å². The molecule has 2 heterocycles. The average molecular weight is 343 g/mol. The number of ether oxygens (including phenoxy) is 1. The smallest absolute Gasteiger partial charge is 0.268 e. The highest BCUT2D eigenvalue weighted by Crippen LogP contribution is 2.22. The van der Waals surface area contributed by atoms with E-state index in [2.05, 4.69) is 22.5 Å². The molecule has 2 amide bonds. The van der Waals surface area contributed by atoms with E-state index >= 15 is 0 Å². The van der Waals surface area contributed by atoms with E-state index in [1.807, 2.05) is 18.2 Å². The molecular weight excluding hydrogens is 318 g/mol. The monoisotopic (exact) mass is 343 g/mol. The van der Waals surface area contributed by atoms with E-state index in [0.717, 1.165) is 42.3 Å². The quantitative estimate of drug-likeness (QED) is 0.705. The highest BCUT2D eigenvalue weighted by atomic mass is 16.5. The minimum Gasteiger partial charge on any atom is -0.494 e. The first-order valence-corrected chi connectivity index (χ1v) is 9.01. The summed E-state index contributed by atoms with van der Waals surface area (Å²) in [4.78, 5) is 27.6. The van der Waals surface area contributed by atoms with Crippen molar-refractivity contribution in [3.63, 3.8) is 0 Å². The summed E-state index contributed by atoms with van der Waals surface area (Å²) in [5.41, 5.74) is 1.31. The van der Waals surface area contributed by atoms with Gasteiger partial charge < -0.3 is 20.4 Å². The van der Waals surface area contributed by atoms with Gasteiger partial charge in [-0.05, 0) is 43.9 Å². The summed E-state index contributed by atoms with van der Waals surface area (Å²) in [6.07, 6.45) is 4.65. The molecule has 0 unspecified atom stereocenters. The van der Waals surface area contributed by atoms with Gasteiger partial charge in [0.15, 0.2) is 0 Å². The van der Waals surface area contributed by atoms with E-state index in [4.69, 9.17) is 4.74 Å². The van der Waals surface area contributed by atoms with Gasteiger partial charge in [-0.15, -0.1) is 0 Å². The number of benzene rings is 1. The molecule has 0 bridgehead atoms. The molecule has 1 aliphatic heterocycles. The predicted octanol–water partition coefficient (Wildman–Crippen LogP) is 2.75. The molecule has 3 N–H and O–H groups in total. The highest BCUT2D eigenvalue weighted by Gasteiger charge is 2.23. The van der Waals surface area contributed by atoms with Crippen LogP contribution in [0.1, 0.15) is 49.5 Å². The van der Waals surface area contributed by atoms with Crippen LogP contribution in [-0.2, 0) is 4.79 Å². The molecule has 1 fully saturated rings. The summed E-state index contributed by atoms with van der Waals surface area (Å²) in [7, 11) is 0. The number of hydrogen-bond donors (Lipinski definition) is 3. The topological polar surface area (TPSA) is 83.2 Å². The summed E-state index contributed by atoms with van der Waals surface area (Å²) in [6, 6.07) is 7.08. The molecule has 1 aromatic carbocycles. The molecule has 0 spiro atoms. The predicted molar refractivity (Wildman–Crippen MR) is 96.8 cm³/mol. The van der Waals surface area contributed by atoms with Crippen LogP contribution in [0.25, 0.3) is 10.9 Å². The van der Waals surface area contributed by atoms with Crippen molar-refractivity contribution in [1.82, 2.24) is 15.6 Å². The molecule has 0 saturated carbocycles. The van der Waals surface area contributed by atoms with Gasteiger partial charge >= 0.3 is 0 Å². The van der Waals surface area contributed by atoms with Crippen LogP contribution in [0.5, 0.6) is 5.75 Å². The number of unbranched alkanes of at least 4 members (excludes halogenated alkanes) is 1. The summed E-state index contributed by atoms with van der Waals surface area (Å²) >= 11 is 0. The lowest BCUT2D eigenvalue weighted by atomic mass is 10.1.